The lowest BCUT2D eigenvalue weighted by Gasteiger charge is -2.25. The molecule has 2 heterocycles. The zero-order chi connectivity index (χ0) is 27.4. The summed E-state index contributed by atoms with van der Waals surface area (Å²) >= 11 is 0. The lowest BCUT2D eigenvalue weighted by molar-refractivity contribution is -0.160. The molecule has 202 valence electrons. The predicted octanol–water partition coefficient (Wildman–Crippen LogP) is 3.67. The minimum absolute atomic E-state index is 0.0835. The van der Waals surface area contributed by atoms with Gasteiger partial charge in [0, 0.05) is 43.5 Å². The lowest BCUT2D eigenvalue weighted by Crippen LogP contribution is -2.41. The largest absolute Gasteiger partial charge is 0.460 e. The van der Waals surface area contributed by atoms with Crippen LogP contribution in [0.5, 0.6) is 5.75 Å². The zero-order valence-corrected chi connectivity index (χ0v) is 21.2. The van der Waals surface area contributed by atoms with Crippen molar-refractivity contribution in [3.05, 3.63) is 66.6 Å². The van der Waals surface area contributed by atoms with Gasteiger partial charge in [-0.15, -0.1) is 0 Å². The topological polar surface area (TPSA) is 92.6 Å². The van der Waals surface area contributed by atoms with Crippen LogP contribution in [0.4, 0.5) is 18.9 Å². The van der Waals surface area contributed by atoms with E-state index in [1.54, 1.807) is 24.9 Å². The third-order valence-corrected chi connectivity index (χ3v) is 6.14. The predicted molar refractivity (Wildman–Crippen MR) is 134 cm³/mol. The maximum absolute atomic E-state index is 13.0. The minimum Gasteiger partial charge on any atom is -0.460 e. The Morgan fingerprint density at radius 1 is 1.26 bits per heavy atom. The van der Waals surface area contributed by atoms with E-state index in [2.05, 4.69) is 22.0 Å². The van der Waals surface area contributed by atoms with E-state index in [-0.39, 0.29) is 37.5 Å². The van der Waals surface area contributed by atoms with Crippen molar-refractivity contribution in [2.45, 2.75) is 32.9 Å². The Morgan fingerprint density at radius 3 is 2.74 bits per heavy atom. The molecule has 1 fully saturated rings. The molecule has 2 aliphatic rings. The molecule has 12 heteroatoms. The van der Waals surface area contributed by atoms with E-state index in [1.807, 2.05) is 23.1 Å². The number of anilines is 1. The fourth-order valence-corrected chi connectivity index (χ4v) is 4.28. The Balaban J connectivity index is 1.43. The number of alkyl halides is 3. The average Bonchev–Trinajstić information content (AvgIpc) is 3.19. The molecule has 38 heavy (non-hydrogen) atoms. The number of benzene rings is 1. The number of nitrogens with one attached hydrogen (secondary N) is 1. The summed E-state index contributed by atoms with van der Waals surface area (Å²) in [5.41, 5.74) is 1.58. The Morgan fingerprint density at radius 2 is 2.05 bits per heavy atom. The first-order valence-electron chi connectivity index (χ1n) is 12.1. The second-order valence-electron chi connectivity index (χ2n) is 9.20. The molecule has 1 unspecified atom stereocenters. The van der Waals surface area contributed by atoms with Crippen LogP contribution in [0, 0.1) is 12.8 Å². The Hall–Kier alpha value is -4.09. The van der Waals surface area contributed by atoms with Gasteiger partial charge in [0.1, 0.15) is 17.8 Å². The molecule has 0 spiro atoms. The van der Waals surface area contributed by atoms with E-state index in [0.717, 1.165) is 11.8 Å². The quantitative estimate of drug-likeness (QED) is 0.550. The molecule has 0 bridgehead atoms. The third-order valence-electron chi connectivity index (χ3n) is 6.14. The van der Waals surface area contributed by atoms with Gasteiger partial charge < -0.3 is 19.9 Å². The van der Waals surface area contributed by atoms with Gasteiger partial charge in [-0.05, 0) is 44.6 Å². The number of carbonyl (C=O) groups is 2. The molecule has 1 aliphatic carbocycles. The number of amides is 2. The van der Waals surface area contributed by atoms with Crippen LogP contribution in [-0.4, -0.2) is 63.8 Å². The smallest absolute Gasteiger partial charge is 0.395 e. The van der Waals surface area contributed by atoms with E-state index >= 15 is 0 Å². The van der Waals surface area contributed by atoms with Gasteiger partial charge >= 0.3 is 6.18 Å². The SMILES string of the molecule is C=C(C)Oc1cc(N2CCC(=O)N(CC(=O)NC3=CC(C(F)(F)F)CC=C3)CC2)ccc1-n1cnc(C)n1. The summed E-state index contributed by atoms with van der Waals surface area (Å²) in [7, 11) is 0. The molecule has 2 amide bonds. The van der Waals surface area contributed by atoms with Gasteiger partial charge in [0.25, 0.3) is 0 Å². The fourth-order valence-electron chi connectivity index (χ4n) is 4.28. The number of rotatable bonds is 7. The molecular weight excluding hydrogens is 501 g/mol. The van der Waals surface area contributed by atoms with E-state index in [1.165, 1.54) is 17.1 Å². The highest BCUT2D eigenvalue weighted by Crippen LogP contribution is 2.33. The highest BCUT2D eigenvalue weighted by Gasteiger charge is 2.38. The number of carbonyl (C=O) groups excluding carboxylic acids is 2. The molecule has 4 rings (SSSR count). The monoisotopic (exact) mass is 530 g/mol. The van der Waals surface area contributed by atoms with Crippen LogP contribution < -0.4 is 15.0 Å². The van der Waals surface area contributed by atoms with Crippen LogP contribution in [0.3, 0.4) is 0 Å². The molecule has 1 atom stereocenters. The standard InChI is InChI=1S/C26H29F3N6O3/c1-17(2)38-23-14-21(7-8-22(23)35-16-30-18(3)32-35)33-10-9-25(37)34(12-11-33)15-24(36)31-20-6-4-5-19(13-20)26(27,28)29/h4,6-8,13-14,16,19H,1,5,9-12,15H2,2-3H3,(H,31,36). The maximum Gasteiger partial charge on any atom is 0.395 e. The molecule has 9 nitrogen and oxygen atoms in total. The summed E-state index contributed by atoms with van der Waals surface area (Å²) < 4.78 is 46.5. The van der Waals surface area contributed by atoms with Crippen LogP contribution >= 0.6 is 0 Å². The third kappa shape index (κ3) is 6.61. The van der Waals surface area contributed by atoms with E-state index in [0.29, 0.717) is 36.1 Å². The van der Waals surface area contributed by atoms with Crippen LogP contribution in [0.25, 0.3) is 5.69 Å². The van der Waals surface area contributed by atoms with Crippen molar-refractivity contribution in [3.63, 3.8) is 0 Å². The highest BCUT2D eigenvalue weighted by atomic mass is 19.4. The minimum atomic E-state index is -4.38. The summed E-state index contributed by atoms with van der Waals surface area (Å²) in [6.07, 6.45) is 1.04. The Labute approximate surface area is 218 Å². The lowest BCUT2D eigenvalue weighted by atomic mass is 9.98. The number of halogens is 3. The molecule has 1 aromatic carbocycles. The van der Waals surface area contributed by atoms with Gasteiger partial charge in [-0.25, -0.2) is 9.67 Å². The Kier molecular flexibility index (Phi) is 7.88. The van der Waals surface area contributed by atoms with Gasteiger partial charge in [0.2, 0.25) is 11.8 Å². The van der Waals surface area contributed by atoms with Gasteiger partial charge in [-0.1, -0.05) is 12.7 Å². The van der Waals surface area contributed by atoms with E-state index < -0.39 is 18.0 Å². The normalized spacial score (nSPS) is 18.2. The van der Waals surface area contributed by atoms with E-state index in [4.69, 9.17) is 4.74 Å². The first-order valence-corrected chi connectivity index (χ1v) is 12.1. The van der Waals surface area contributed by atoms with Crippen LogP contribution in [0.15, 0.2) is 60.8 Å². The van der Waals surface area contributed by atoms with E-state index in [9.17, 15) is 22.8 Å². The summed E-state index contributed by atoms with van der Waals surface area (Å²) in [5.74, 6) is -0.769. The highest BCUT2D eigenvalue weighted by molar-refractivity contribution is 5.86. The fraction of sp³-hybridized carbons (Fsp3) is 0.385. The second-order valence-corrected chi connectivity index (χ2v) is 9.20. The number of aromatic nitrogens is 3. The number of nitrogens with zero attached hydrogens (tertiary/aromatic N) is 5. The van der Waals surface area contributed by atoms with Gasteiger partial charge in [-0.3, -0.25) is 9.59 Å². The number of ether oxygens (including phenoxy) is 1. The van der Waals surface area contributed by atoms with Crippen molar-refractivity contribution >= 4 is 17.5 Å². The van der Waals surface area contributed by atoms with Gasteiger partial charge in [0.15, 0.2) is 5.75 Å². The summed E-state index contributed by atoms with van der Waals surface area (Å²) in [5, 5.41) is 6.83. The number of hydrogen-bond donors (Lipinski definition) is 1. The summed E-state index contributed by atoms with van der Waals surface area (Å²) in [4.78, 5) is 32.9. The van der Waals surface area contributed by atoms with Crippen molar-refractivity contribution in [2.24, 2.45) is 5.92 Å². The maximum atomic E-state index is 13.0. The molecular formula is C26H29F3N6O3. The van der Waals surface area contributed by atoms with Crippen LogP contribution in [0.2, 0.25) is 0 Å². The van der Waals surface area contributed by atoms with Crippen molar-refractivity contribution in [1.82, 2.24) is 25.0 Å². The molecule has 1 aromatic heterocycles. The van der Waals surface area contributed by atoms with Crippen molar-refractivity contribution in [2.75, 3.05) is 31.1 Å². The number of hydrogen-bond acceptors (Lipinski definition) is 6. The van der Waals surface area contributed by atoms with Crippen LogP contribution in [0.1, 0.15) is 25.6 Å². The molecule has 0 radical (unpaired) electrons. The van der Waals surface area contributed by atoms with Gasteiger partial charge in [0.05, 0.1) is 18.2 Å². The number of allylic oxidation sites excluding steroid dienone is 4. The zero-order valence-electron chi connectivity index (χ0n) is 21.2. The second kappa shape index (κ2) is 11.1. The molecule has 1 aliphatic heterocycles. The van der Waals surface area contributed by atoms with Crippen molar-refractivity contribution in [3.8, 4) is 11.4 Å². The summed E-state index contributed by atoms with van der Waals surface area (Å²) in [6.45, 7) is 8.24. The molecule has 1 N–H and O–H groups in total. The summed E-state index contributed by atoms with van der Waals surface area (Å²) in [6, 6.07) is 5.58. The number of aryl methyl sites for hydroxylation is 1. The van der Waals surface area contributed by atoms with Crippen molar-refractivity contribution < 1.29 is 27.5 Å². The average molecular weight is 531 g/mol. The molecule has 2 aromatic rings. The molecule has 0 saturated carbocycles. The first kappa shape index (κ1) is 27.0. The Bertz CT molecular complexity index is 1280. The van der Waals surface area contributed by atoms with Crippen LogP contribution in [-0.2, 0) is 9.59 Å². The molecule has 1 saturated heterocycles. The van der Waals surface area contributed by atoms with Gasteiger partial charge in [-0.2, -0.15) is 18.3 Å². The van der Waals surface area contributed by atoms with Crippen molar-refractivity contribution in [1.29, 1.82) is 0 Å². The first-order chi connectivity index (χ1) is 18.0.